The van der Waals surface area contributed by atoms with Gasteiger partial charge >= 0.3 is 0 Å². The maximum absolute atomic E-state index is 11.7. The van der Waals surface area contributed by atoms with Gasteiger partial charge in [-0.3, -0.25) is 9.78 Å². The van der Waals surface area contributed by atoms with Crippen molar-refractivity contribution in [1.82, 2.24) is 4.98 Å². The van der Waals surface area contributed by atoms with Crippen molar-refractivity contribution in [2.24, 2.45) is 0 Å². The van der Waals surface area contributed by atoms with Gasteiger partial charge in [0, 0.05) is 23.2 Å². The van der Waals surface area contributed by atoms with Gasteiger partial charge in [-0.1, -0.05) is 24.3 Å². The Hall–Kier alpha value is -1.61. The van der Waals surface area contributed by atoms with E-state index in [0.29, 0.717) is 12.2 Å². The first kappa shape index (κ1) is 11.9. The molecule has 0 aliphatic rings. The number of aromatic nitrogens is 1. The second-order valence-corrected chi connectivity index (χ2v) is 4.69. The lowest BCUT2D eigenvalue weighted by Gasteiger charge is -2.01. The van der Waals surface area contributed by atoms with Gasteiger partial charge in [0.1, 0.15) is 5.78 Å². The van der Waals surface area contributed by atoms with Gasteiger partial charge in [-0.2, -0.15) is 0 Å². The van der Waals surface area contributed by atoms with Gasteiger partial charge in [0.05, 0.1) is 5.75 Å². The molecular weight excluding hydrogens is 230 g/mol. The molecule has 0 saturated carbocycles. The first-order valence-electron chi connectivity index (χ1n) is 5.44. The third-order valence-electron chi connectivity index (χ3n) is 2.25. The molecule has 1 aromatic carbocycles. The summed E-state index contributed by atoms with van der Waals surface area (Å²) >= 11 is 1.57. The minimum atomic E-state index is 0.206. The predicted molar refractivity (Wildman–Crippen MR) is 70.1 cm³/mol. The van der Waals surface area contributed by atoms with Crippen LogP contribution in [-0.4, -0.2) is 16.5 Å². The van der Waals surface area contributed by atoms with Gasteiger partial charge < -0.3 is 0 Å². The average Bonchev–Trinajstić information content (AvgIpc) is 2.39. The third-order valence-corrected chi connectivity index (χ3v) is 3.32. The number of Topliss-reactive ketones (excluding diaryl/α,β-unsaturated/α-hetero) is 1. The van der Waals surface area contributed by atoms with E-state index >= 15 is 0 Å². The monoisotopic (exact) mass is 243 g/mol. The Kier molecular flexibility index (Phi) is 4.33. The van der Waals surface area contributed by atoms with Gasteiger partial charge in [-0.15, -0.1) is 11.8 Å². The summed E-state index contributed by atoms with van der Waals surface area (Å²) in [7, 11) is 0. The molecule has 2 rings (SSSR count). The molecule has 0 radical (unpaired) electrons. The summed E-state index contributed by atoms with van der Waals surface area (Å²) in [6.45, 7) is 0. The van der Waals surface area contributed by atoms with Crippen LogP contribution in [0.1, 0.15) is 5.69 Å². The van der Waals surface area contributed by atoms with E-state index < -0.39 is 0 Å². The summed E-state index contributed by atoms with van der Waals surface area (Å²) in [6.07, 6.45) is 2.13. The SMILES string of the molecule is O=C(CSc1ccccc1)Cc1ccccn1. The van der Waals surface area contributed by atoms with E-state index in [1.165, 1.54) is 0 Å². The molecule has 0 N–H and O–H groups in total. The molecule has 0 bridgehead atoms. The van der Waals surface area contributed by atoms with Gasteiger partial charge in [-0.05, 0) is 24.3 Å². The molecule has 0 amide bonds. The van der Waals surface area contributed by atoms with Crippen molar-refractivity contribution < 1.29 is 4.79 Å². The fourth-order valence-corrected chi connectivity index (χ4v) is 2.22. The fourth-order valence-electron chi connectivity index (χ4n) is 1.44. The molecule has 0 aliphatic carbocycles. The largest absolute Gasteiger partial charge is 0.298 e. The zero-order chi connectivity index (χ0) is 11.9. The van der Waals surface area contributed by atoms with Crippen molar-refractivity contribution in [2.75, 3.05) is 5.75 Å². The molecule has 0 unspecified atom stereocenters. The van der Waals surface area contributed by atoms with E-state index in [1.807, 2.05) is 48.5 Å². The van der Waals surface area contributed by atoms with Gasteiger partial charge in [0.25, 0.3) is 0 Å². The number of thioether (sulfide) groups is 1. The van der Waals surface area contributed by atoms with Gasteiger partial charge in [0.2, 0.25) is 0 Å². The average molecular weight is 243 g/mol. The highest BCUT2D eigenvalue weighted by Crippen LogP contribution is 2.17. The molecule has 1 aromatic heterocycles. The summed E-state index contributed by atoms with van der Waals surface area (Å²) in [6, 6.07) is 15.6. The Balaban J connectivity index is 1.83. The number of carbonyl (C=O) groups is 1. The zero-order valence-electron chi connectivity index (χ0n) is 9.37. The van der Waals surface area contributed by atoms with Crippen LogP contribution in [0, 0.1) is 0 Å². The highest BCUT2D eigenvalue weighted by Gasteiger charge is 2.05. The molecule has 0 saturated heterocycles. The molecule has 86 valence electrons. The van der Waals surface area contributed by atoms with Crippen molar-refractivity contribution >= 4 is 17.5 Å². The van der Waals surface area contributed by atoms with Crippen LogP contribution in [0.4, 0.5) is 0 Å². The summed E-state index contributed by atoms with van der Waals surface area (Å²) in [5, 5.41) is 0. The Bertz CT molecular complexity index is 470. The Morgan fingerprint density at radius 3 is 2.53 bits per heavy atom. The number of pyridine rings is 1. The summed E-state index contributed by atoms with van der Waals surface area (Å²) in [4.78, 5) is 17.0. The lowest BCUT2D eigenvalue weighted by atomic mass is 10.2. The highest BCUT2D eigenvalue weighted by molar-refractivity contribution is 8.00. The van der Waals surface area contributed by atoms with E-state index in [-0.39, 0.29) is 5.78 Å². The Labute approximate surface area is 105 Å². The zero-order valence-corrected chi connectivity index (χ0v) is 10.2. The quantitative estimate of drug-likeness (QED) is 0.756. The summed E-state index contributed by atoms with van der Waals surface area (Å²) in [5.41, 5.74) is 0.839. The van der Waals surface area contributed by atoms with Crippen LogP contribution in [0.15, 0.2) is 59.6 Å². The molecule has 2 aromatic rings. The molecule has 0 aliphatic heterocycles. The normalized spacial score (nSPS) is 10.1. The van der Waals surface area contributed by atoms with E-state index in [9.17, 15) is 4.79 Å². The molecule has 0 fully saturated rings. The molecule has 2 nitrogen and oxygen atoms in total. The lowest BCUT2D eigenvalue weighted by molar-refractivity contribution is -0.116. The van der Waals surface area contributed by atoms with Crippen LogP contribution >= 0.6 is 11.8 Å². The van der Waals surface area contributed by atoms with Crippen LogP contribution in [0.3, 0.4) is 0 Å². The van der Waals surface area contributed by atoms with Crippen LogP contribution in [0.25, 0.3) is 0 Å². The molecule has 0 spiro atoms. The first-order chi connectivity index (χ1) is 8.34. The fraction of sp³-hybridized carbons (Fsp3) is 0.143. The standard InChI is InChI=1S/C14H13NOS/c16-13(10-12-6-4-5-9-15-12)11-17-14-7-2-1-3-8-14/h1-9H,10-11H2. The summed E-state index contributed by atoms with van der Waals surface area (Å²) < 4.78 is 0. The van der Waals surface area contributed by atoms with Crippen LogP contribution in [0.5, 0.6) is 0 Å². The predicted octanol–water partition coefficient (Wildman–Crippen LogP) is 2.99. The number of nitrogens with zero attached hydrogens (tertiary/aromatic N) is 1. The van der Waals surface area contributed by atoms with Crippen LogP contribution < -0.4 is 0 Å². The van der Waals surface area contributed by atoms with E-state index in [2.05, 4.69) is 4.98 Å². The number of rotatable bonds is 5. The van der Waals surface area contributed by atoms with E-state index in [1.54, 1.807) is 18.0 Å². The van der Waals surface area contributed by atoms with Crippen molar-refractivity contribution in [2.45, 2.75) is 11.3 Å². The van der Waals surface area contributed by atoms with Crippen molar-refractivity contribution in [3.8, 4) is 0 Å². The van der Waals surface area contributed by atoms with E-state index in [0.717, 1.165) is 10.6 Å². The topological polar surface area (TPSA) is 30.0 Å². The van der Waals surface area contributed by atoms with Crippen molar-refractivity contribution in [3.05, 3.63) is 60.4 Å². The van der Waals surface area contributed by atoms with Crippen LogP contribution in [-0.2, 0) is 11.2 Å². The van der Waals surface area contributed by atoms with Crippen molar-refractivity contribution in [1.29, 1.82) is 0 Å². The molecule has 1 heterocycles. The summed E-state index contributed by atoms with van der Waals surface area (Å²) in [5.74, 6) is 0.707. The van der Waals surface area contributed by atoms with Crippen molar-refractivity contribution in [3.63, 3.8) is 0 Å². The first-order valence-corrected chi connectivity index (χ1v) is 6.42. The second kappa shape index (κ2) is 6.21. The second-order valence-electron chi connectivity index (χ2n) is 3.64. The number of hydrogen-bond acceptors (Lipinski definition) is 3. The maximum Gasteiger partial charge on any atom is 0.149 e. The van der Waals surface area contributed by atoms with E-state index in [4.69, 9.17) is 0 Å². The molecule has 17 heavy (non-hydrogen) atoms. The van der Waals surface area contributed by atoms with Gasteiger partial charge in [0.15, 0.2) is 0 Å². The Morgan fingerprint density at radius 1 is 1.06 bits per heavy atom. The minimum Gasteiger partial charge on any atom is -0.298 e. The molecule has 3 heteroatoms. The highest BCUT2D eigenvalue weighted by atomic mass is 32.2. The number of ketones is 1. The lowest BCUT2D eigenvalue weighted by Crippen LogP contribution is -2.06. The minimum absolute atomic E-state index is 0.206. The van der Waals surface area contributed by atoms with Gasteiger partial charge in [-0.25, -0.2) is 0 Å². The van der Waals surface area contributed by atoms with Crippen LogP contribution in [0.2, 0.25) is 0 Å². The number of hydrogen-bond donors (Lipinski definition) is 0. The molecule has 0 atom stereocenters. The number of benzene rings is 1. The maximum atomic E-state index is 11.7. The Morgan fingerprint density at radius 2 is 1.82 bits per heavy atom. The number of carbonyl (C=O) groups excluding carboxylic acids is 1. The third kappa shape index (κ3) is 4.04. The smallest absolute Gasteiger partial charge is 0.149 e. The molecular formula is C14H13NOS.